The lowest BCUT2D eigenvalue weighted by Crippen LogP contribution is -2.18. The highest BCUT2D eigenvalue weighted by Crippen LogP contribution is 2.49. The van der Waals surface area contributed by atoms with Crippen LogP contribution in [0, 0.1) is 0 Å². The number of halogens is 1. The molecule has 4 heteroatoms. The minimum atomic E-state index is -0.825. The van der Waals surface area contributed by atoms with E-state index in [-0.39, 0.29) is 5.22 Å². The highest BCUT2D eigenvalue weighted by atomic mass is 35.5. The number of furan rings is 1. The second-order valence-electron chi connectivity index (χ2n) is 2.99. The monoisotopic (exact) mass is 186 g/mol. The van der Waals surface area contributed by atoms with Crippen LogP contribution in [-0.2, 0) is 10.2 Å². The summed E-state index contributed by atoms with van der Waals surface area (Å²) < 4.78 is 5.06. The lowest BCUT2D eigenvalue weighted by atomic mass is 10.1. The molecule has 0 aliphatic heterocycles. The molecule has 1 aliphatic rings. The van der Waals surface area contributed by atoms with E-state index in [2.05, 4.69) is 0 Å². The summed E-state index contributed by atoms with van der Waals surface area (Å²) in [5, 5.41) is 9.11. The maximum Gasteiger partial charge on any atom is 0.317 e. The van der Waals surface area contributed by atoms with E-state index in [1.54, 1.807) is 12.1 Å². The van der Waals surface area contributed by atoms with Gasteiger partial charge >= 0.3 is 5.97 Å². The minimum absolute atomic E-state index is 0.248. The molecule has 0 atom stereocenters. The van der Waals surface area contributed by atoms with Crippen LogP contribution < -0.4 is 0 Å². The second-order valence-corrected chi connectivity index (χ2v) is 3.36. The molecular weight excluding hydrogens is 180 g/mol. The molecule has 0 amide bonds. The Kier molecular flexibility index (Phi) is 1.45. The standard InChI is InChI=1S/C8H7ClO3/c9-6-2-1-5(12-6)8(3-4-8)7(10)11/h1-2H,3-4H2,(H,10,11). The van der Waals surface area contributed by atoms with Crippen molar-refractivity contribution >= 4 is 17.6 Å². The van der Waals surface area contributed by atoms with Crippen LogP contribution in [0.1, 0.15) is 18.6 Å². The van der Waals surface area contributed by atoms with Crippen LogP contribution in [-0.4, -0.2) is 11.1 Å². The molecule has 2 rings (SSSR count). The zero-order chi connectivity index (χ0) is 8.77. The van der Waals surface area contributed by atoms with Crippen LogP contribution in [0.3, 0.4) is 0 Å². The Bertz CT molecular complexity index is 325. The fourth-order valence-electron chi connectivity index (χ4n) is 1.26. The fourth-order valence-corrected chi connectivity index (χ4v) is 1.41. The third-order valence-corrected chi connectivity index (χ3v) is 2.41. The third-order valence-electron chi connectivity index (χ3n) is 2.20. The van der Waals surface area contributed by atoms with Gasteiger partial charge in [0.2, 0.25) is 0 Å². The smallest absolute Gasteiger partial charge is 0.317 e. The minimum Gasteiger partial charge on any atom is -0.480 e. The largest absolute Gasteiger partial charge is 0.480 e. The molecule has 64 valence electrons. The zero-order valence-electron chi connectivity index (χ0n) is 6.21. The Balaban J connectivity index is 2.36. The molecular formula is C8H7ClO3. The van der Waals surface area contributed by atoms with Crippen molar-refractivity contribution in [1.29, 1.82) is 0 Å². The van der Waals surface area contributed by atoms with E-state index >= 15 is 0 Å². The van der Waals surface area contributed by atoms with Crippen LogP contribution in [0.15, 0.2) is 16.5 Å². The molecule has 12 heavy (non-hydrogen) atoms. The maximum atomic E-state index is 10.8. The number of aliphatic carboxylic acids is 1. The first-order chi connectivity index (χ1) is 5.65. The summed E-state index contributed by atoms with van der Waals surface area (Å²) in [6.07, 6.45) is 1.29. The third kappa shape index (κ3) is 0.932. The van der Waals surface area contributed by atoms with E-state index < -0.39 is 11.4 Å². The van der Waals surface area contributed by atoms with Crippen LogP contribution in [0.4, 0.5) is 0 Å². The summed E-state index contributed by atoms with van der Waals surface area (Å²) in [5.41, 5.74) is -0.771. The first kappa shape index (κ1) is 7.68. The maximum absolute atomic E-state index is 10.8. The summed E-state index contributed by atoms with van der Waals surface area (Å²) in [6, 6.07) is 3.20. The van der Waals surface area contributed by atoms with E-state index in [9.17, 15) is 4.79 Å². The quantitative estimate of drug-likeness (QED) is 0.769. The van der Waals surface area contributed by atoms with Gasteiger partial charge in [-0.3, -0.25) is 4.79 Å². The zero-order valence-corrected chi connectivity index (χ0v) is 6.97. The van der Waals surface area contributed by atoms with Crippen molar-refractivity contribution in [2.75, 3.05) is 0 Å². The van der Waals surface area contributed by atoms with Crippen LogP contribution in [0.25, 0.3) is 0 Å². The summed E-state index contributed by atoms with van der Waals surface area (Å²) in [4.78, 5) is 10.8. The van der Waals surface area contributed by atoms with Gasteiger partial charge < -0.3 is 9.52 Å². The molecule has 0 aromatic carbocycles. The SMILES string of the molecule is O=C(O)C1(c2ccc(Cl)o2)CC1. The normalized spacial score (nSPS) is 19.1. The van der Waals surface area contributed by atoms with Gasteiger partial charge in [-0.25, -0.2) is 0 Å². The molecule has 1 fully saturated rings. The summed E-state index contributed by atoms with van der Waals surface area (Å²) >= 11 is 5.54. The molecule has 1 aromatic rings. The molecule has 0 saturated heterocycles. The van der Waals surface area contributed by atoms with E-state index in [1.807, 2.05) is 0 Å². The molecule has 3 nitrogen and oxygen atoms in total. The van der Waals surface area contributed by atoms with Crippen molar-refractivity contribution in [2.45, 2.75) is 18.3 Å². The topological polar surface area (TPSA) is 50.4 Å². The fraction of sp³-hybridized carbons (Fsp3) is 0.375. The Morgan fingerprint density at radius 1 is 1.58 bits per heavy atom. The van der Waals surface area contributed by atoms with Crippen LogP contribution in [0.5, 0.6) is 0 Å². The van der Waals surface area contributed by atoms with Crippen molar-refractivity contribution in [1.82, 2.24) is 0 Å². The predicted molar refractivity (Wildman–Crippen MR) is 42.3 cm³/mol. The van der Waals surface area contributed by atoms with Gasteiger partial charge in [0.05, 0.1) is 0 Å². The second kappa shape index (κ2) is 2.26. The van der Waals surface area contributed by atoms with Crippen molar-refractivity contribution < 1.29 is 14.3 Å². The summed E-state index contributed by atoms with van der Waals surface area (Å²) in [6.45, 7) is 0. The van der Waals surface area contributed by atoms with Gasteiger partial charge in [0, 0.05) is 0 Å². The van der Waals surface area contributed by atoms with Gasteiger partial charge in [-0.05, 0) is 36.6 Å². The molecule has 0 unspecified atom stereocenters. The number of carboxylic acid groups (broad SMARTS) is 1. The van der Waals surface area contributed by atoms with Crippen molar-refractivity contribution in [3.63, 3.8) is 0 Å². The van der Waals surface area contributed by atoms with Crippen LogP contribution >= 0.6 is 11.6 Å². The van der Waals surface area contributed by atoms with E-state index in [0.29, 0.717) is 18.6 Å². The van der Waals surface area contributed by atoms with Crippen molar-refractivity contribution in [2.24, 2.45) is 0 Å². The highest BCUT2D eigenvalue weighted by Gasteiger charge is 2.54. The average molecular weight is 187 g/mol. The van der Waals surface area contributed by atoms with E-state index in [1.165, 1.54) is 0 Å². The lowest BCUT2D eigenvalue weighted by molar-refractivity contribution is -0.140. The van der Waals surface area contributed by atoms with Crippen molar-refractivity contribution in [3.05, 3.63) is 23.1 Å². The van der Waals surface area contributed by atoms with Gasteiger partial charge in [0.25, 0.3) is 0 Å². The predicted octanol–water partition coefficient (Wildman–Crippen LogP) is 2.05. The molecule has 0 radical (unpaired) electrons. The van der Waals surface area contributed by atoms with E-state index in [0.717, 1.165) is 0 Å². The van der Waals surface area contributed by atoms with Gasteiger partial charge in [-0.1, -0.05) is 0 Å². The molecule has 1 saturated carbocycles. The lowest BCUT2D eigenvalue weighted by Gasteiger charge is -2.03. The van der Waals surface area contributed by atoms with Gasteiger partial charge in [0.15, 0.2) is 5.22 Å². The first-order valence-corrected chi connectivity index (χ1v) is 4.02. The van der Waals surface area contributed by atoms with Crippen molar-refractivity contribution in [3.8, 4) is 0 Å². The highest BCUT2D eigenvalue weighted by molar-refractivity contribution is 6.28. The molecule has 1 aromatic heterocycles. The average Bonchev–Trinajstić information content (AvgIpc) is 2.71. The molecule has 0 spiro atoms. The van der Waals surface area contributed by atoms with Gasteiger partial charge in [-0.15, -0.1) is 0 Å². The number of rotatable bonds is 2. The first-order valence-electron chi connectivity index (χ1n) is 3.64. The number of hydrogen-bond donors (Lipinski definition) is 1. The van der Waals surface area contributed by atoms with Gasteiger partial charge in [0.1, 0.15) is 11.2 Å². The van der Waals surface area contributed by atoms with E-state index in [4.69, 9.17) is 21.1 Å². The molecule has 1 N–H and O–H groups in total. The number of carboxylic acids is 1. The van der Waals surface area contributed by atoms with Gasteiger partial charge in [-0.2, -0.15) is 0 Å². The Hall–Kier alpha value is -0.960. The molecule has 0 bridgehead atoms. The Morgan fingerprint density at radius 3 is 2.58 bits per heavy atom. The molecule has 1 aliphatic carbocycles. The number of carbonyl (C=O) groups is 1. The molecule has 1 heterocycles. The summed E-state index contributed by atoms with van der Waals surface area (Å²) in [7, 11) is 0. The Labute approximate surface area is 73.9 Å². The number of hydrogen-bond acceptors (Lipinski definition) is 2. The Morgan fingerprint density at radius 2 is 2.25 bits per heavy atom. The van der Waals surface area contributed by atoms with Crippen LogP contribution in [0.2, 0.25) is 5.22 Å². The summed E-state index contributed by atoms with van der Waals surface area (Å²) in [5.74, 6) is -0.353.